The summed E-state index contributed by atoms with van der Waals surface area (Å²) >= 11 is 4.71. The van der Waals surface area contributed by atoms with Gasteiger partial charge in [-0.25, -0.2) is 0 Å². The monoisotopic (exact) mass is 432 g/mol. The molecule has 0 aliphatic carbocycles. The van der Waals surface area contributed by atoms with Crippen molar-refractivity contribution in [1.82, 2.24) is 14.8 Å². The Morgan fingerprint density at radius 2 is 1.96 bits per heavy atom. The highest BCUT2D eigenvalue weighted by atomic mass is 79.9. The lowest BCUT2D eigenvalue weighted by atomic mass is 10.3. The van der Waals surface area contributed by atoms with Crippen molar-refractivity contribution in [2.24, 2.45) is 0 Å². The van der Waals surface area contributed by atoms with Gasteiger partial charge in [0, 0.05) is 10.2 Å². The second-order valence-electron chi connectivity index (χ2n) is 5.41. The molecule has 1 aromatic heterocycles. The van der Waals surface area contributed by atoms with Crippen molar-refractivity contribution in [2.75, 3.05) is 12.4 Å². The lowest BCUT2D eigenvalue weighted by molar-refractivity contribution is -0.115. The van der Waals surface area contributed by atoms with E-state index >= 15 is 0 Å². The molecule has 0 saturated carbocycles. The fourth-order valence-corrected chi connectivity index (χ4v) is 3.39. The zero-order chi connectivity index (χ0) is 18.5. The standard InChI is InChI=1S/C18H17BrN4O2S/c1-12(17(24)21-14-9-7-13(19)8-10-14)26-18-22-20-11-23(18)15-5-3-4-6-16(15)25-2/h3-12H,1-2H3,(H,21,24). The largest absolute Gasteiger partial charge is 0.495 e. The highest BCUT2D eigenvalue weighted by Gasteiger charge is 2.19. The van der Waals surface area contributed by atoms with Gasteiger partial charge in [-0.2, -0.15) is 0 Å². The van der Waals surface area contributed by atoms with E-state index in [2.05, 4.69) is 31.4 Å². The Kier molecular flexibility index (Phi) is 5.95. The lowest BCUT2D eigenvalue weighted by Gasteiger charge is -2.14. The summed E-state index contributed by atoms with van der Waals surface area (Å²) < 4.78 is 8.17. The molecular formula is C18H17BrN4O2S. The molecule has 1 amide bonds. The number of amides is 1. The third-order valence-electron chi connectivity index (χ3n) is 3.62. The van der Waals surface area contributed by atoms with Gasteiger partial charge in [0.25, 0.3) is 0 Å². The molecule has 1 unspecified atom stereocenters. The quantitative estimate of drug-likeness (QED) is 0.592. The smallest absolute Gasteiger partial charge is 0.237 e. The van der Waals surface area contributed by atoms with Crippen molar-refractivity contribution in [1.29, 1.82) is 0 Å². The van der Waals surface area contributed by atoms with Crippen LogP contribution in [0.1, 0.15) is 6.92 Å². The second kappa shape index (κ2) is 8.37. The average molecular weight is 433 g/mol. The number of hydrogen-bond acceptors (Lipinski definition) is 5. The predicted molar refractivity (Wildman–Crippen MR) is 106 cm³/mol. The van der Waals surface area contributed by atoms with Crippen molar-refractivity contribution in [3.8, 4) is 11.4 Å². The van der Waals surface area contributed by atoms with Crippen molar-refractivity contribution in [3.05, 3.63) is 59.3 Å². The summed E-state index contributed by atoms with van der Waals surface area (Å²) in [5.41, 5.74) is 1.57. The molecule has 3 rings (SSSR count). The zero-order valence-electron chi connectivity index (χ0n) is 14.2. The zero-order valence-corrected chi connectivity index (χ0v) is 16.6. The van der Waals surface area contributed by atoms with E-state index in [1.54, 1.807) is 13.4 Å². The molecule has 0 bridgehead atoms. The number of nitrogens with one attached hydrogen (secondary N) is 1. The van der Waals surface area contributed by atoms with E-state index in [1.165, 1.54) is 11.8 Å². The molecule has 6 nitrogen and oxygen atoms in total. The Bertz CT molecular complexity index is 898. The van der Waals surface area contributed by atoms with E-state index in [-0.39, 0.29) is 11.2 Å². The Hall–Kier alpha value is -2.32. The van der Waals surface area contributed by atoms with E-state index in [0.717, 1.165) is 15.8 Å². The van der Waals surface area contributed by atoms with Crippen molar-refractivity contribution < 1.29 is 9.53 Å². The number of anilines is 1. The fraction of sp³-hybridized carbons (Fsp3) is 0.167. The number of methoxy groups -OCH3 is 1. The number of para-hydroxylation sites is 2. The van der Waals surface area contributed by atoms with Gasteiger partial charge in [0.05, 0.1) is 18.0 Å². The van der Waals surface area contributed by atoms with Crippen molar-refractivity contribution >= 4 is 39.3 Å². The summed E-state index contributed by atoms with van der Waals surface area (Å²) in [6.07, 6.45) is 1.61. The van der Waals surface area contributed by atoms with Crippen LogP contribution in [0.4, 0.5) is 5.69 Å². The lowest BCUT2D eigenvalue weighted by Crippen LogP contribution is -2.22. The number of halogens is 1. The van der Waals surface area contributed by atoms with Gasteiger partial charge in [0.15, 0.2) is 5.16 Å². The van der Waals surface area contributed by atoms with Gasteiger partial charge in [0.2, 0.25) is 5.91 Å². The van der Waals surface area contributed by atoms with Gasteiger partial charge < -0.3 is 10.1 Å². The SMILES string of the molecule is COc1ccccc1-n1cnnc1SC(C)C(=O)Nc1ccc(Br)cc1. The van der Waals surface area contributed by atoms with Crippen LogP contribution in [0.15, 0.2) is 64.5 Å². The summed E-state index contributed by atoms with van der Waals surface area (Å²) in [4.78, 5) is 12.5. The molecule has 2 aromatic carbocycles. The molecule has 134 valence electrons. The van der Waals surface area contributed by atoms with E-state index in [1.807, 2.05) is 60.0 Å². The van der Waals surface area contributed by atoms with Crippen LogP contribution in [-0.2, 0) is 4.79 Å². The van der Waals surface area contributed by atoms with Gasteiger partial charge in [-0.05, 0) is 43.3 Å². The number of carbonyl (C=O) groups is 1. The molecule has 1 N–H and O–H groups in total. The summed E-state index contributed by atoms with van der Waals surface area (Å²) in [6.45, 7) is 1.83. The molecule has 0 fully saturated rings. The maximum atomic E-state index is 12.5. The van der Waals surface area contributed by atoms with Crippen LogP contribution in [0.2, 0.25) is 0 Å². The number of hydrogen-bond donors (Lipinski definition) is 1. The molecule has 0 aliphatic heterocycles. The number of benzene rings is 2. The Morgan fingerprint density at radius 3 is 2.69 bits per heavy atom. The topological polar surface area (TPSA) is 69.0 Å². The Balaban J connectivity index is 1.74. The second-order valence-corrected chi connectivity index (χ2v) is 7.64. The minimum Gasteiger partial charge on any atom is -0.495 e. The normalized spacial score (nSPS) is 11.8. The summed E-state index contributed by atoms with van der Waals surface area (Å²) in [5, 5.41) is 11.3. The van der Waals surface area contributed by atoms with Crippen LogP contribution in [0, 0.1) is 0 Å². The number of aromatic nitrogens is 3. The molecule has 0 saturated heterocycles. The molecule has 0 spiro atoms. The molecule has 3 aromatic rings. The first-order chi connectivity index (χ1) is 12.6. The van der Waals surface area contributed by atoms with Crippen LogP contribution in [-0.4, -0.2) is 33.0 Å². The first-order valence-electron chi connectivity index (χ1n) is 7.85. The van der Waals surface area contributed by atoms with Crippen LogP contribution < -0.4 is 10.1 Å². The molecule has 0 aliphatic rings. The third kappa shape index (κ3) is 4.25. The first-order valence-corrected chi connectivity index (χ1v) is 9.52. The van der Waals surface area contributed by atoms with Gasteiger partial charge in [-0.15, -0.1) is 10.2 Å². The van der Waals surface area contributed by atoms with Gasteiger partial charge in [-0.1, -0.05) is 39.8 Å². The minimum absolute atomic E-state index is 0.105. The number of rotatable bonds is 6. The van der Waals surface area contributed by atoms with Crippen LogP contribution in [0.5, 0.6) is 5.75 Å². The first kappa shape index (κ1) is 18.5. The molecule has 8 heteroatoms. The molecular weight excluding hydrogens is 416 g/mol. The number of carbonyl (C=O) groups excluding carboxylic acids is 1. The summed E-state index contributed by atoms with van der Waals surface area (Å²) in [6, 6.07) is 15.0. The predicted octanol–water partition coefficient (Wildman–Crippen LogP) is 4.16. The van der Waals surface area contributed by atoms with Crippen LogP contribution in [0.3, 0.4) is 0 Å². The highest BCUT2D eigenvalue weighted by molar-refractivity contribution is 9.10. The molecule has 1 atom stereocenters. The minimum atomic E-state index is -0.351. The third-order valence-corrected chi connectivity index (χ3v) is 5.21. The Labute approximate surface area is 164 Å². The average Bonchev–Trinajstić information content (AvgIpc) is 3.11. The highest BCUT2D eigenvalue weighted by Crippen LogP contribution is 2.29. The fourth-order valence-electron chi connectivity index (χ4n) is 2.29. The van der Waals surface area contributed by atoms with Crippen molar-refractivity contribution in [3.63, 3.8) is 0 Å². The van der Waals surface area contributed by atoms with Crippen LogP contribution in [0.25, 0.3) is 5.69 Å². The summed E-state index contributed by atoms with van der Waals surface area (Å²) in [5.74, 6) is 0.605. The van der Waals surface area contributed by atoms with E-state index in [4.69, 9.17) is 4.74 Å². The van der Waals surface area contributed by atoms with Gasteiger partial charge in [-0.3, -0.25) is 9.36 Å². The van der Waals surface area contributed by atoms with E-state index in [0.29, 0.717) is 10.9 Å². The van der Waals surface area contributed by atoms with Crippen molar-refractivity contribution in [2.45, 2.75) is 17.3 Å². The van der Waals surface area contributed by atoms with Gasteiger partial charge in [0.1, 0.15) is 12.1 Å². The van der Waals surface area contributed by atoms with E-state index < -0.39 is 0 Å². The number of thioether (sulfide) groups is 1. The van der Waals surface area contributed by atoms with E-state index in [9.17, 15) is 4.79 Å². The molecule has 26 heavy (non-hydrogen) atoms. The van der Waals surface area contributed by atoms with Gasteiger partial charge >= 0.3 is 0 Å². The Morgan fingerprint density at radius 1 is 1.23 bits per heavy atom. The number of ether oxygens (including phenoxy) is 1. The summed E-state index contributed by atoms with van der Waals surface area (Å²) in [7, 11) is 1.62. The van der Waals surface area contributed by atoms with Crippen LogP contribution >= 0.6 is 27.7 Å². The maximum absolute atomic E-state index is 12.5. The maximum Gasteiger partial charge on any atom is 0.237 e. The molecule has 1 heterocycles. The number of nitrogens with zero attached hydrogens (tertiary/aromatic N) is 3. The molecule has 0 radical (unpaired) electrons.